The first kappa shape index (κ1) is 13.6. The molecule has 2 aromatic carbocycles. The maximum atomic E-state index is 10.9. The minimum atomic E-state index is -0.320. The fourth-order valence-corrected chi connectivity index (χ4v) is 2.94. The number of anilines is 1. The number of aryl methyl sites for hydroxylation is 1. The molecule has 2 aromatic rings. The molecule has 3 rings (SSSR count). The van der Waals surface area contributed by atoms with E-state index in [4.69, 9.17) is 0 Å². The molecule has 0 aliphatic carbocycles. The quantitative estimate of drug-likeness (QED) is 0.633. The number of nitro groups is 1. The third kappa shape index (κ3) is 2.75. The van der Waals surface area contributed by atoms with E-state index in [1.807, 2.05) is 24.3 Å². The van der Waals surface area contributed by atoms with Crippen LogP contribution in [0.4, 0.5) is 11.4 Å². The van der Waals surface area contributed by atoms with Crippen molar-refractivity contribution in [2.45, 2.75) is 32.4 Å². The highest BCUT2D eigenvalue weighted by molar-refractivity contribution is 5.60. The number of non-ortho nitro benzene ring substituents is 1. The van der Waals surface area contributed by atoms with E-state index in [1.54, 1.807) is 12.1 Å². The molecule has 1 aliphatic heterocycles. The molecule has 1 heterocycles. The monoisotopic (exact) mass is 282 g/mol. The van der Waals surface area contributed by atoms with Crippen LogP contribution in [0.5, 0.6) is 0 Å². The zero-order chi connectivity index (χ0) is 14.8. The summed E-state index contributed by atoms with van der Waals surface area (Å²) in [5, 5.41) is 10.9. The molecule has 0 amide bonds. The SMILES string of the molecule is CC1CCc2cc([N+](=O)[O-])ccc2N1Cc1ccccc1. The molecular formula is C17H18N2O2. The third-order valence-corrected chi connectivity index (χ3v) is 4.14. The predicted octanol–water partition coefficient (Wildman–Crippen LogP) is 3.94. The molecule has 0 bridgehead atoms. The second-order valence-corrected chi connectivity index (χ2v) is 5.57. The number of nitro benzene ring substituents is 1. The van der Waals surface area contributed by atoms with Crippen molar-refractivity contribution in [3.8, 4) is 0 Å². The minimum absolute atomic E-state index is 0.183. The Morgan fingerprint density at radius 1 is 1.24 bits per heavy atom. The fraction of sp³-hybridized carbons (Fsp3) is 0.294. The largest absolute Gasteiger partial charge is 0.364 e. The molecule has 1 aliphatic rings. The second-order valence-electron chi connectivity index (χ2n) is 5.57. The van der Waals surface area contributed by atoms with E-state index >= 15 is 0 Å². The smallest absolute Gasteiger partial charge is 0.269 e. The summed E-state index contributed by atoms with van der Waals surface area (Å²) in [6.45, 7) is 3.06. The van der Waals surface area contributed by atoms with Crippen molar-refractivity contribution in [1.82, 2.24) is 0 Å². The van der Waals surface area contributed by atoms with Gasteiger partial charge in [-0.3, -0.25) is 10.1 Å². The van der Waals surface area contributed by atoms with Crippen LogP contribution in [0.3, 0.4) is 0 Å². The van der Waals surface area contributed by atoms with Crippen LogP contribution in [0, 0.1) is 10.1 Å². The van der Waals surface area contributed by atoms with Gasteiger partial charge in [-0.2, -0.15) is 0 Å². The van der Waals surface area contributed by atoms with E-state index in [2.05, 4.69) is 24.0 Å². The zero-order valence-corrected chi connectivity index (χ0v) is 12.0. The van der Waals surface area contributed by atoms with Gasteiger partial charge in [0.15, 0.2) is 0 Å². The summed E-state index contributed by atoms with van der Waals surface area (Å²) in [6.07, 6.45) is 1.93. The van der Waals surface area contributed by atoms with Crippen LogP contribution in [-0.2, 0) is 13.0 Å². The van der Waals surface area contributed by atoms with Gasteiger partial charge in [0.2, 0.25) is 0 Å². The van der Waals surface area contributed by atoms with Crippen molar-refractivity contribution < 1.29 is 4.92 Å². The molecule has 4 nitrogen and oxygen atoms in total. The van der Waals surface area contributed by atoms with Gasteiger partial charge in [0.1, 0.15) is 0 Å². The summed E-state index contributed by atoms with van der Waals surface area (Å²) in [5.41, 5.74) is 3.65. The molecule has 0 spiro atoms. The summed E-state index contributed by atoms with van der Waals surface area (Å²) in [5.74, 6) is 0. The highest BCUT2D eigenvalue weighted by Crippen LogP contribution is 2.34. The second kappa shape index (κ2) is 5.56. The molecule has 0 fully saturated rings. The number of hydrogen-bond donors (Lipinski definition) is 0. The van der Waals surface area contributed by atoms with E-state index < -0.39 is 0 Å². The molecule has 0 saturated heterocycles. The molecule has 1 unspecified atom stereocenters. The van der Waals surface area contributed by atoms with Crippen LogP contribution in [0.1, 0.15) is 24.5 Å². The molecule has 0 radical (unpaired) electrons. The molecule has 1 atom stereocenters. The maximum absolute atomic E-state index is 10.9. The van der Waals surface area contributed by atoms with E-state index in [0.29, 0.717) is 6.04 Å². The van der Waals surface area contributed by atoms with Gasteiger partial charge in [0.05, 0.1) is 4.92 Å². The average molecular weight is 282 g/mol. The first-order valence-electron chi connectivity index (χ1n) is 7.23. The molecule has 0 saturated carbocycles. The van der Waals surface area contributed by atoms with Crippen LogP contribution < -0.4 is 4.90 Å². The van der Waals surface area contributed by atoms with Crippen molar-refractivity contribution in [3.05, 3.63) is 69.8 Å². The highest BCUT2D eigenvalue weighted by Gasteiger charge is 2.24. The van der Waals surface area contributed by atoms with Gasteiger partial charge in [-0.15, -0.1) is 0 Å². The van der Waals surface area contributed by atoms with Crippen LogP contribution in [0.25, 0.3) is 0 Å². The standard InChI is InChI=1S/C17H18N2O2/c1-13-7-8-15-11-16(19(20)21)9-10-17(15)18(13)12-14-5-3-2-4-6-14/h2-6,9-11,13H,7-8,12H2,1H3. The first-order chi connectivity index (χ1) is 10.1. The Morgan fingerprint density at radius 3 is 2.71 bits per heavy atom. The van der Waals surface area contributed by atoms with Gasteiger partial charge in [-0.05, 0) is 37.0 Å². The topological polar surface area (TPSA) is 46.4 Å². The van der Waals surface area contributed by atoms with Crippen LogP contribution in [0.2, 0.25) is 0 Å². The Morgan fingerprint density at radius 2 is 2.00 bits per heavy atom. The minimum Gasteiger partial charge on any atom is -0.364 e. The Labute approximate surface area is 124 Å². The number of hydrogen-bond acceptors (Lipinski definition) is 3. The van der Waals surface area contributed by atoms with E-state index in [9.17, 15) is 10.1 Å². The summed E-state index contributed by atoms with van der Waals surface area (Å²) < 4.78 is 0. The summed E-state index contributed by atoms with van der Waals surface area (Å²) in [6, 6.07) is 16.0. The lowest BCUT2D eigenvalue weighted by molar-refractivity contribution is -0.384. The molecular weight excluding hydrogens is 264 g/mol. The summed E-state index contributed by atoms with van der Waals surface area (Å²) in [4.78, 5) is 12.9. The molecule has 0 aromatic heterocycles. The van der Waals surface area contributed by atoms with E-state index in [-0.39, 0.29) is 10.6 Å². The lowest BCUT2D eigenvalue weighted by Crippen LogP contribution is -2.36. The van der Waals surface area contributed by atoms with Gasteiger partial charge >= 0.3 is 0 Å². The van der Waals surface area contributed by atoms with Crippen molar-refractivity contribution in [3.63, 3.8) is 0 Å². The fourth-order valence-electron chi connectivity index (χ4n) is 2.94. The van der Waals surface area contributed by atoms with Gasteiger partial charge < -0.3 is 4.90 Å². The maximum Gasteiger partial charge on any atom is 0.269 e. The Hall–Kier alpha value is -2.36. The van der Waals surface area contributed by atoms with Gasteiger partial charge in [-0.1, -0.05) is 30.3 Å². The predicted molar refractivity (Wildman–Crippen MR) is 83.5 cm³/mol. The third-order valence-electron chi connectivity index (χ3n) is 4.14. The van der Waals surface area contributed by atoms with Crippen LogP contribution in [-0.4, -0.2) is 11.0 Å². The lowest BCUT2D eigenvalue weighted by Gasteiger charge is -2.37. The van der Waals surface area contributed by atoms with Gasteiger partial charge in [0, 0.05) is 30.4 Å². The van der Waals surface area contributed by atoms with Gasteiger partial charge in [-0.25, -0.2) is 0 Å². The molecule has 108 valence electrons. The van der Waals surface area contributed by atoms with Crippen LogP contribution >= 0.6 is 0 Å². The van der Waals surface area contributed by atoms with E-state index in [1.165, 1.54) is 5.56 Å². The van der Waals surface area contributed by atoms with Gasteiger partial charge in [0.25, 0.3) is 5.69 Å². The highest BCUT2D eigenvalue weighted by atomic mass is 16.6. The first-order valence-corrected chi connectivity index (χ1v) is 7.23. The summed E-state index contributed by atoms with van der Waals surface area (Å²) >= 11 is 0. The van der Waals surface area contributed by atoms with Crippen LogP contribution in [0.15, 0.2) is 48.5 Å². The molecule has 0 N–H and O–H groups in total. The molecule has 4 heteroatoms. The number of fused-ring (bicyclic) bond motifs is 1. The summed E-state index contributed by atoms with van der Waals surface area (Å²) in [7, 11) is 0. The molecule has 21 heavy (non-hydrogen) atoms. The Bertz CT molecular complexity index is 655. The number of benzene rings is 2. The normalized spacial score (nSPS) is 17.4. The lowest BCUT2D eigenvalue weighted by atomic mass is 9.95. The Kier molecular flexibility index (Phi) is 3.60. The number of nitrogens with zero attached hydrogens (tertiary/aromatic N) is 2. The zero-order valence-electron chi connectivity index (χ0n) is 12.0. The number of rotatable bonds is 3. The van der Waals surface area contributed by atoms with Crippen molar-refractivity contribution in [1.29, 1.82) is 0 Å². The Balaban J connectivity index is 1.93. The van der Waals surface area contributed by atoms with Crippen molar-refractivity contribution in [2.75, 3.05) is 4.90 Å². The average Bonchev–Trinajstić information content (AvgIpc) is 2.50. The van der Waals surface area contributed by atoms with Crippen molar-refractivity contribution in [2.24, 2.45) is 0 Å². The van der Waals surface area contributed by atoms with E-state index in [0.717, 1.165) is 30.6 Å². The van der Waals surface area contributed by atoms with Crippen molar-refractivity contribution >= 4 is 11.4 Å².